The molecule has 2 amide bonds. The molecule has 0 spiro atoms. The van der Waals surface area contributed by atoms with Crippen molar-refractivity contribution in [2.75, 3.05) is 7.05 Å². The number of carbonyl (C=O) groups is 2. The lowest BCUT2D eigenvalue weighted by molar-refractivity contribution is -0.132. The number of carbonyl (C=O) groups excluding carboxylic acids is 2. The summed E-state index contributed by atoms with van der Waals surface area (Å²) in [6.07, 6.45) is 3.08. The summed E-state index contributed by atoms with van der Waals surface area (Å²) in [5.41, 5.74) is 3.13. The Bertz CT molecular complexity index is 589. The van der Waals surface area contributed by atoms with E-state index >= 15 is 0 Å². The maximum atomic E-state index is 12.2. The number of aryl methyl sites for hydroxylation is 1. The Kier molecular flexibility index (Phi) is 3.47. The fourth-order valence-corrected chi connectivity index (χ4v) is 2.81. The first kappa shape index (κ1) is 14.1. The van der Waals surface area contributed by atoms with Gasteiger partial charge in [0.25, 0.3) is 0 Å². The summed E-state index contributed by atoms with van der Waals surface area (Å²) in [5.74, 6) is 0.885. The minimum absolute atomic E-state index is 0.0223. The quantitative estimate of drug-likeness (QED) is 0.832. The normalized spacial score (nSPS) is 17.0. The van der Waals surface area contributed by atoms with Gasteiger partial charge in [-0.3, -0.25) is 14.3 Å². The average Bonchev–Trinajstić information content (AvgIpc) is 3.03. The van der Waals surface area contributed by atoms with Gasteiger partial charge >= 0.3 is 0 Å². The van der Waals surface area contributed by atoms with E-state index in [1.165, 1.54) is 12.8 Å². The van der Waals surface area contributed by atoms with Gasteiger partial charge in [0, 0.05) is 39.5 Å². The van der Waals surface area contributed by atoms with Crippen LogP contribution < -0.4 is 0 Å². The van der Waals surface area contributed by atoms with Gasteiger partial charge in [-0.2, -0.15) is 5.10 Å². The summed E-state index contributed by atoms with van der Waals surface area (Å²) >= 11 is 0. The van der Waals surface area contributed by atoms with Crippen LogP contribution in [0.1, 0.15) is 43.1 Å². The van der Waals surface area contributed by atoms with Crippen LogP contribution in [0.25, 0.3) is 0 Å². The van der Waals surface area contributed by atoms with Gasteiger partial charge in [-0.25, -0.2) is 0 Å². The van der Waals surface area contributed by atoms with Gasteiger partial charge in [-0.1, -0.05) is 0 Å². The Morgan fingerprint density at radius 3 is 2.67 bits per heavy atom. The first-order chi connectivity index (χ1) is 9.95. The molecule has 0 aromatic carbocycles. The first-order valence-corrected chi connectivity index (χ1v) is 7.48. The molecule has 0 bridgehead atoms. The Labute approximate surface area is 124 Å². The predicted octanol–water partition coefficient (Wildman–Crippen LogP) is 1.04. The zero-order valence-electron chi connectivity index (χ0n) is 12.9. The molecule has 0 saturated heterocycles. The van der Waals surface area contributed by atoms with Gasteiger partial charge in [-0.15, -0.1) is 0 Å². The zero-order valence-corrected chi connectivity index (χ0v) is 12.9. The Balaban J connectivity index is 1.72. The second kappa shape index (κ2) is 5.16. The number of nitrogens with zero attached hydrogens (tertiary/aromatic N) is 4. The second-order valence-electron chi connectivity index (χ2n) is 6.27. The number of aromatic nitrogens is 2. The molecule has 0 radical (unpaired) electrons. The SMILES string of the molecule is CC(=O)N(C)Cc1nn(C)c2c1CN(C(=O)CC1CC1)C2. The van der Waals surface area contributed by atoms with Gasteiger partial charge < -0.3 is 9.80 Å². The average molecular weight is 290 g/mol. The monoisotopic (exact) mass is 290 g/mol. The molecular weight excluding hydrogens is 268 g/mol. The lowest BCUT2D eigenvalue weighted by Crippen LogP contribution is -2.27. The number of hydrogen-bond acceptors (Lipinski definition) is 3. The third-order valence-corrected chi connectivity index (χ3v) is 4.49. The van der Waals surface area contributed by atoms with E-state index in [4.69, 9.17) is 0 Å². The molecule has 1 saturated carbocycles. The van der Waals surface area contributed by atoms with Gasteiger partial charge in [0.05, 0.1) is 24.5 Å². The predicted molar refractivity (Wildman–Crippen MR) is 77.0 cm³/mol. The van der Waals surface area contributed by atoms with Crippen molar-refractivity contribution in [2.45, 2.75) is 45.8 Å². The molecule has 1 aliphatic carbocycles. The molecular formula is C15H22N4O2. The molecule has 1 aliphatic heterocycles. The van der Waals surface area contributed by atoms with Gasteiger partial charge in [0.15, 0.2) is 0 Å². The smallest absolute Gasteiger partial charge is 0.223 e. The van der Waals surface area contributed by atoms with Crippen LogP contribution in [0.5, 0.6) is 0 Å². The van der Waals surface area contributed by atoms with Crippen LogP contribution in [0.15, 0.2) is 0 Å². The van der Waals surface area contributed by atoms with Crippen molar-refractivity contribution in [3.8, 4) is 0 Å². The van der Waals surface area contributed by atoms with Crippen LogP contribution in [0.3, 0.4) is 0 Å². The first-order valence-electron chi connectivity index (χ1n) is 7.48. The zero-order chi connectivity index (χ0) is 15.1. The van der Waals surface area contributed by atoms with Gasteiger partial charge in [-0.05, 0) is 18.8 Å². The second-order valence-corrected chi connectivity index (χ2v) is 6.27. The van der Waals surface area contributed by atoms with Crippen molar-refractivity contribution in [1.82, 2.24) is 19.6 Å². The molecule has 0 N–H and O–H groups in total. The Morgan fingerprint density at radius 2 is 2.05 bits per heavy atom. The van der Waals surface area contributed by atoms with Gasteiger partial charge in [0.2, 0.25) is 11.8 Å². The van der Waals surface area contributed by atoms with E-state index < -0.39 is 0 Å². The number of amides is 2. The molecule has 21 heavy (non-hydrogen) atoms. The summed E-state index contributed by atoms with van der Waals surface area (Å²) in [7, 11) is 3.68. The summed E-state index contributed by atoms with van der Waals surface area (Å²) in [6.45, 7) is 3.34. The lowest BCUT2D eigenvalue weighted by Gasteiger charge is -2.17. The van der Waals surface area contributed by atoms with Crippen LogP contribution in [-0.2, 0) is 36.3 Å². The maximum Gasteiger partial charge on any atom is 0.223 e. The van der Waals surface area contributed by atoms with E-state index in [0.717, 1.165) is 17.0 Å². The maximum absolute atomic E-state index is 12.2. The van der Waals surface area contributed by atoms with Crippen molar-refractivity contribution < 1.29 is 9.59 Å². The third-order valence-electron chi connectivity index (χ3n) is 4.49. The van der Waals surface area contributed by atoms with Crippen molar-refractivity contribution in [1.29, 1.82) is 0 Å². The fraction of sp³-hybridized carbons (Fsp3) is 0.667. The van der Waals surface area contributed by atoms with Crippen LogP contribution in [0.4, 0.5) is 0 Å². The number of hydrogen-bond donors (Lipinski definition) is 0. The minimum atomic E-state index is 0.0223. The lowest BCUT2D eigenvalue weighted by atomic mass is 10.2. The minimum Gasteiger partial charge on any atom is -0.340 e. The van der Waals surface area contributed by atoms with E-state index in [-0.39, 0.29) is 11.8 Å². The summed E-state index contributed by atoms with van der Waals surface area (Å²) in [6, 6.07) is 0. The summed E-state index contributed by atoms with van der Waals surface area (Å²) in [4.78, 5) is 27.2. The molecule has 1 fully saturated rings. The molecule has 6 heteroatoms. The third kappa shape index (κ3) is 2.80. The molecule has 6 nitrogen and oxygen atoms in total. The van der Waals surface area contributed by atoms with Crippen molar-refractivity contribution in [3.63, 3.8) is 0 Å². The molecule has 0 atom stereocenters. The Morgan fingerprint density at radius 1 is 1.33 bits per heavy atom. The van der Waals surface area contributed by atoms with Crippen LogP contribution in [-0.4, -0.2) is 38.4 Å². The molecule has 2 aliphatic rings. The van der Waals surface area contributed by atoms with Gasteiger partial charge in [0.1, 0.15) is 0 Å². The molecule has 1 aromatic heterocycles. The number of fused-ring (bicyclic) bond motifs is 1. The highest BCUT2D eigenvalue weighted by Gasteiger charge is 2.33. The summed E-state index contributed by atoms with van der Waals surface area (Å²) in [5, 5.41) is 4.51. The van der Waals surface area contributed by atoms with E-state index in [9.17, 15) is 9.59 Å². The highest BCUT2D eigenvalue weighted by molar-refractivity contribution is 5.77. The summed E-state index contributed by atoms with van der Waals surface area (Å²) < 4.78 is 1.85. The Hall–Kier alpha value is -1.85. The van der Waals surface area contributed by atoms with E-state index in [1.807, 2.05) is 16.6 Å². The molecule has 3 rings (SSSR count). The molecule has 1 aromatic rings. The van der Waals surface area contributed by atoms with Crippen molar-refractivity contribution >= 4 is 11.8 Å². The molecule has 114 valence electrons. The highest BCUT2D eigenvalue weighted by atomic mass is 16.2. The van der Waals surface area contributed by atoms with Crippen molar-refractivity contribution in [3.05, 3.63) is 17.0 Å². The highest BCUT2D eigenvalue weighted by Crippen LogP contribution is 2.34. The molecule has 0 unspecified atom stereocenters. The van der Waals surface area contributed by atoms with Crippen LogP contribution >= 0.6 is 0 Å². The van der Waals surface area contributed by atoms with Crippen LogP contribution in [0.2, 0.25) is 0 Å². The molecule has 2 heterocycles. The number of rotatable bonds is 4. The largest absolute Gasteiger partial charge is 0.340 e. The fourth-order valence-electron chi connectivity index (χ4n) is 2.81. The topological polar surface area (TPSA) is 58.4 Å². The van der Waals surface area contributed by atoms with Crippen molar-refractivity contribution in [2.24, 2.45) is 13.0 Å². The van der Waals surface area contributed by atoms with E-state index in [2.05, 4.69) is 5.10 Å². The van der Waals surface area contributed by atoms with E-state index in [1.54, 1.807) is 18.9 Å². The van der Waals surface area contributed by atoms with E-state index in [0.29, 0.717) is 32.0 Å². The standard InChI is InChI=1S/C15H22N4O2/c1-10(20)17(2)8-13-12-7-19(9-14(12)18(3)16-13)15(21)6-11-4-5-11/h11H,4-9H2,1-3H3. The van der Waals surface area contributed by atoms with Crippen LogP contribution in [0, 0.1) is 5.92 Å².